The van der Waals surface area contributed by atoms with Gasteiger partial charge >= 0.3 is 0 Å². The van der Waals surface area contributed by atoms with Crippen LogP contribution in [0.2, 0.25) is 0 Å². The van der Waals surface area contributed by atoms with Crippen molar-refractivity contribution in [1.82, 2.24) is 24.8 Å². The van der Waals surface area contributed by atoms with Gasteiger partial charge in [-0.25, -0.2) is 0 Å². The third-order valence-electron chi connectivity index (χ3n) is 4.18. The van der Waals surface area contributed by atoms with E-state index in [0.29, 0.717) is 11.5 Å². The quantitative estimate of drug-likeness (QED) is 0.571. The van der Waals surface area contributed by atoms with Crippen molar-refractivity contribution in [2.45, 2.75) is 6.92 Å². The zero-order chi connectivity index (χ0) is 18.1. The molecule has 0 unspecified atom stereocenters. The highest BCUT2D eigenvalue weighted by molar-refractivity contribution is 5.91. The van der Waals surface area contributed by atoms with E-state index in [0.717, 1.165) is 22.5 Å². The first-order valence-corrected chi connectivity index (χ1v) is 8.11. The second-order valence-electron chi connectivity index (χ2n) is 5.88. The van der Waals surface area contributed by atoms with Crippen molar-refractivity contribution in [2.24, 2.45) is 0 Å². The largest absolute Gasteiger partial charge is 0.316 e. The van der Waals surface area contributed by atoms with E-state index in [1.807, 2.05) is 48.5 Å². The highest BCUT2D eigenvalue weighted by Crippen LogP contribution is 2.24. The molecule has 0 bridgehead atoms. The molecule has 7 nitrogen and oxygen atoms in total. The molecule has 0 atom stereocenters. The van der Waals surface area contributed by atoms with E-state index in [1.54, 1.807) is 28.9 Å². The predicted molar refractivity (Wildman–Crippen MR) is 98.5 cm³/mol. The minimum absolute atomic E-state index is 0.0248. The molecule has 0 spiro atoms. The molecule has 0 fully saturated rings. The van der Waals surface area contributed by atoms with Crippen LogP contribution in [-0.2, 0) is 4.79 Å². The molecule has 26 heavy (non-hydrogen) atoms. The van der Waals surface area contributed by atoms with E-state index in [9.17, 15) is 4.79 Å². The van der Waals surface area contributed by atoms with Crippen molar-refractivity contribution in [3.05, 3.63) is 60.9 Å². The maximum atomic E-state index is 11.6. The topological polar surface area (TPSA) is 76.3 Å². The molecule has 0 aliphatic rings. The minimum Gasteiger partial charge on any atom is -0.316 e. The summed E-state index contributed by atoms with van der Waals surface area (Å²) < 4.78 is 1.70. The monoisotopic (exact) mass is 344 g/mol. The van der Waals surface area contributed by atoms with Gasteiger partial charge in [-0.15, -0.1) is 10.2 Å². The number of rotatable bonds is 3. The van der Waals surface area contributed by atoms with Gasteiger partial charge < -0.3 is 4.90 Å². The van der Waals surface area contributed by atoms with Crippen LogP contribution in [-0.4, -0.2) is 37.8 Å². The van der Waals surface area contributed by atoms with Gasteiger partial charge in [0, 0.05) is 43.2 Å². The Kier molecular flexibility index (Phi) is 3.89. The van der Waals surface area contributed by atoms with Crippen molar-refractivity contribution in [3.63, 3.8) is 0 Å². The SMILES string of the molecule is CC(=O)N(C)c1cccc(-c2ccc3nnc(-c4cccnc4)n3n2)c1. The second kappa shape index (κ2) is 6.36. The summed E-state index contributed by atoms with van der Waals surface area (Å²) in [7, 11) is 1.75. The van der Waals surface area contributed by atoms with Crippen LogP contribution in [0, 0.1) is 0 Å². The molecule has 0 radical (unpaired) electrons. The van der Waals surface area contributed by atoms with E-state index in [2.05, 4.69) is 20.3 Å². The fourth-order valence-corrected chi connectivity index (χ4v) is 2.67. The van der Waals surface area contributed by atoms with Crippen LogP contribution in [0.5, 0.6) is 0 Å². The molecule has 1 aromatic carbocycles. The van der Waals surface area contributed by atoms with Gasteiger partial charge in [0.2, 0.25) is 5.91 Å². The van der Waals surface area contributed by atoms with Gasteiger partial charge in [0.05, 0.1) is 5.69 Å². The molecule has 0 aliphatic carbocycles. The fourth-order valence-electron chi connectivity index (χ4n) is 2.67. The number of benzene rings is 1. The smallest absolute Gasteiger partial charge is 0.223 e. The molecule has 0 N–H and O–H groups in total. The number of aromatic nitrogens is 5. The molecule has 3 aromatic heterocycles. The molecule has 0 saturated carbocycles. The standard InChI is InChI=1S/C19H16N6O/c1-13(26)24(2)16-7-3-5-14(11-16)17-8-9-18-21-22-19(25(18)23-17)15-6-4-10-20-12-15/h3-12H,1-2H3. The molecular formula is C19H16N6O. The lowest BCUT2D eigenvalue weighted by atomic mass is 10.1. The third kappa shape index (κ3) is 2.79. The average molecular weight is 344 g/mol. The Morgan fingerprint density at radius 3 is 2.65 bits per heavy atom. The molecule has 7 heteroatoms. The molecule has 1 amide bonds. The number of pyridine rings is 1. The Balaban J connectivity index is 1.81. The van der Waals surface area contributed by atoms with Crippen LogP contribution in [0.4, 0.5) is 5.69 Å². The first-order valence-electron chi connectivity index (χ1n) is 8.11. The van der Waals surface area contributed by atoms with Crippen LogP contribution in [0.25, 0.3) is 28.3 Å². The summed E-state index contributed by atoms with van der Waals surface area (Å²) in [6, 6.07) is 15.2. The minimum atomic E-state index is -0.0248. The third-order valence-corrected chi connectivity index (χ3v) is 4.18. The van der Waals surface area contributed by atoms with Crippen LogP contribution in [0.3, 0.4) is 0 Å². The molecule has 0 aliphatic heterocycles. The average Bonchev–Trinajstić information content (AvgIpc) is 3.11. The van der Waals surface area contributed by atoms with Crippen molar-refractivity contribution in [3.8, 4) is 22.6 Å². The van der Waals surface area contributed by atoms with Crippen molar-refractivity contribution in [2.75, 3.05) is 11.9 Å². The lowest BCUT2D eigenvalue weighted by Crippen LogP contribution is -2.22. The summed E-state index contributed by atoms with van der Waals surface area (Å²) in [5.41, 5.74) is 3.98. The molecule has 4 aromatic rings. The van der Waals surface area contributed by atoms with Gasteiger partial charge in [0.25, 0.3) is 0 Å². The Morgan fingerprint density at radius 2 is 1.88 bits per heavy atom. The number of hydrogen-bond acceptors (Lipinski definition) is 5. The zero-order valence-electron chi connectivity index (χ0n) is 14.4. The molecular weight excluding hydrogens is 328 g/mol. The van der Waals surface area contributed by atoms with E-state index < -0.39 is 0 Å². The van der Waals surface area contributed by atoms with Crippen molar-refractivity contribution >= 4 is 17.2 Å². The number of hydrogen-bond donors (Lipinski definition) is 0. The van der Waals surface area contributed by atoms with E-state index >= 15 is 0 Å². The Hall–Kier alpha value is -3.61. The number of nitrogens with zero attached hydrogens (tertiary/aromatic N) is 6. The molecule has 3 heterocycles. The van der Waals surface area contributed by atoms with Gasteiger partial charge in [-0.1, -0.05) is 12.1 Å². The van der Waals surface area contributed by atoms with Gasteiger partial charge in [-0.05, 0) is 36.4 Å². The first-order chi connectivity index (χ1) is 12.6. The normalized spacial score (nSPS) is 10.8. The lowest BCUT2D eigenvalue weighted by molar-refractivity contribution is -0.116. The number of fused-ring (bicyclic) bond motifs is 1. The van der Waals surface area contributed by atoms with Gasteiger partial charge in [0.1, 0.15) is 0 Å². The number of anilines is 1. The summed E-state index contributed by atoms with van der Waals surface area (Å²) in [6.07, 6.45) is 3.44. The molecule has 0 saturated heterocycles. The molecule has 128 valence electrons. The van der Waals surface area contributed by atoms with Gasteiger partial charge in [0.15, 0.2) is 11.5 Å². The number of amides is 1. The van der Waals surface area contributed by atoms with Crippen LogP contribution >= 0.6 is 0 Å². The van der Waals surface area contributed by atoms with Crippen molar-refractivity contribution in [1.29, 1.82) is 0 Å². The summed E-state index contributed by atoms with van der Waals surface area (Å²) in [4.78, 5) is 17.3. The number of carbonyl (C=O) groups is 1. The lowest BCUT2D eigenvalue weighted by Gasteiger charge is -2.15. The first kappa shape index (κ1) is 15.9. The van der Waals surface area contributed by atoms with Crippen LogP contribution in [0.15, 0.2) is 60.9 Å². The van der Waals surface area contributed by atoms with E-state index in [4.69, 9.17) is 0 Å². The van der Waals surface area contributed by atoms with E-state index in [1.165, 1.54) is 6.92 Å². The number of carbonyl (C=O) groups excluding carboxylic acids is 1. The highest BCUT2D eigenvalue weighted by Gasteiger charge is 2.12. The van der Waals surface area contributed by atoms with Crippen LogP contribution in [0.1, 0.15) is 6.92 Å². The second-order valence-corrected chi connectivity index (χ2v) is 5.88. The van der Waals surface area contributed by atoms with Crippen LogP contribution < -0.4 is 4.90 Å². The summed E-state index contributed by atoms with van der Waals surface area (Å²) in [5.74, 6) is 0.607. The van der Waals surface area contributed by atoms with E-state index in [-0.39, 0.29) is 5.91 Å². The predicted octanol–water partition coefficient (Wildman–Crippen LogP) is 2.84. The summed E-state index contributed by atoms with van der Waals surface area (Å²) >= 11 is 0. The van der Waals surface area contributed by atoms with Crippen molar-refractivity contribution < 1.29 is 4.79 Å². The maximum Gasteiger partial charge on any atom is 0.223 e. The Labute approximate surface area is 149 Å². The van der Waals surface area contributed by atoms with Gasteiger partial charge in [-0.3, -0.25) is 9.78 Å². The fraction of sp³-hybridized carbons (Fsp3) is 0.105. The molecule has 4 rings (SSSR count). The zero-order valence-corrected chi connectivity index (χ0v) is 14.4. The summed E-state index contributed by atoms with van der Waals surface area (Å²) in [6.45, 7) is 1.54. The highest BCUT2D eigenvalue weighted by atomic mass is 16.2. The maximum absolute atomic E-state index is 11.6. The summed E-state index contributed by atoms with van der Waals surface area (Å²) in [5, 5.41) is 13.1. The van der Waals surface area contributed by atoms with Gasteiger partial charge in [-0.2, -0.15) is 9.61 Å². The Morgan fingerprint density at radius 1 is 1.04 bits per heavy atom. The Bertz CT molecular complexity index is 1090.